The van der Waals surface area contributed by atoms with Gasteiger partial charge in [-0.1, -0.05) is 38.1 Å². The van der Waals surface area contributed by atoms with Crippen molar-refractivity contribution in [3.8, 4) is 11.3 Å². The lowest BCUT2D eigenvalue weighted by Crippen LogP contribution is -2.46. The minimum absolute atomic E-state index is 0.346. The largest absolute Gasteiger partial charge is 0.550 e. The van der Waals surface area contributed by atoms with E-state index in [0.717, 1.165) is 11.3 Å². The van der Waals surface area contributed by atoms with Crippen molar-refractivity contribution in [1.82, 2.24) is 4.98 Å². The highest BCUT2D eigenvalue weighted by atomic mass is 32.1. The first kappa shape index (κ1) is 18.1. The molecule has 1 amide bonds. The molecule has 1 N–H and O–H groups in total. The third-order valence-corrected chi connectivity index (χ3v) is 6.21. The topological polar surface area (TPSA) is 91.3 Å². The molecule has 4 atom stereocenters. The minimum Gasteiger partial charge on any atom is -0.550 e. The summed E-state index contributed by atoms with van der Waals surface area (Å²) < 4.78 is 5.62. The Bertz CT molecular complexity index is 861. The van der Waals surface area contributed by atoms with Crippen molar-refractivity contribution in [2.75, 3.05) is 5.32 Å². The maximum Gasteiger partial charge on any atom is 0.232 e. The van der Waals surface area contributed by atoms with Crippen LogP contribution in [-0.2, 0) is 14.3 Å². The Kier molecular flexibility index (Phi) is 4.74. The molecule has 0 saturated carbocycles. The maximum absolute atomic E-state index is 12.7. The van der Waals surface area contributed by atoms with E-state index in [-0.39, 0.29) is 12.0 Å². The molecular formula is C20H21N2O4S-. The molecule has 0 radical (unpaired) electrons. The Morgan fingerprint density at radius 2 is 1.85 bits per heavy atom. The fourth-order valence-corrected chi connectivity index (χ4v) is 4.72. The third-order valence-electron chi connectivity index (χ3n) is 5.46. The highest BCUT2D eigenvalue weighted by Gasteiger charge is 2.52. The minimum atomic E-state index is -1.22. The highest BCUT2D eigenvalue weighted by Crippen LogP contribution is 2.43. The van der Waals surface area contributed by atoms with E-state index >= 15 is 0 Å². The van der Waals surface area contributed by atoms with Crippen molar-refractivity contribution < 1.29 is 19.4 Å². The van der Waals surface area contributed by atoms with E-state index in [9.17, 15) is 14.7 Å². The predicted octanol–water partition coefficient (Wildman–Crippen LogP) is 2.42. The summed E-state index contributed by atoms with van der Waals surface area (Å²) in [5, 5.41) is 16.6. The lowest BCUT2D eigenvalue weighted by molar-refractivity contribution is -0.313. The number of nitrogens with zero attached hydrogens (tertiary/aromatic N) is 1. The number of hydrogen-bond acceptors (Lipinski definition) is 6. The second-order valence-electron chi connectivity index (χ2n) is 7.46. The first-order valence-corrected chi connectivity index (χ1v) is 10.0. The van der Waals surface area contributed by atoms with Crippen LogP contribution in [0.2, 0.25) is 0 Å². The van der Waals surface area contributed by atoms with Crippen LogP contribution in [0.5, 0.6) is 0 Å². The van der Waals surface area contributed by atoms with Crippen LogP contribution in [0.15, 0.2) is 29.6 Å². The van der Waals surface area contributed by atoms with Gasteiger partial charge in [0.25, 0.3) is 0 Å². The molecule has 142 valence electrons. The summed E-state index contributed by atoms with van der Waals surface area (Å²) in [4.78, 5) is 28.6. The summed E-state index contributed by atoms with van der Waals surface area (Å²) in [6.45, 7) is 4.29. The normalized spacial score (nSPS) is 26.5. The number of ether oxygens (including phenoxy) is 1. The number of fused-ring (bicyclic) bond motifs is 2. The maximum atomic E-state index is 12.7. The number of carbonyl (C=O) groups excluding carboxylic acids is 2. The molecule has 7 heteroatoms. The van der Waals surface area contributed by atoms with Gasteiger partial charge in [-0.3, -0.25) is 4.79 Å². The van der Waals surface area contributed by atoms with Crippen molar-refractivity contribution in [2.45, 2.75) is 44.8 Å². The number of rotatable bonds is 5. The average molecular weight is 385 g/mol. The summed E-state index contributed by atoms with van der Waals surface area (Å²) in [6, 6.07) is 8.20. The van der Waals surface area contributed by atoms with Crippen molar-refractivity contribution in [3.05, 3.63) is 35.2 Å². The Labute approximate surface area is 161 Å². The number of thiazole rings is 1. The Morgan fingerprint density at radius 1 is 1.19 bits per heavy atom. The monoisotopic (exact) mass is 385 g/mol. The van der Waals surface area contributed by atoms with Gasteiger partial charge in [0, 0.05) is 22.8 Å². The molecule has 1 aromatic heterocycles. The van der Waals surface area contributed by atoms with E-state index in [2.05, 4.69) is 36.3 Å². The number of carboxylic acids is 1. The van der Waals surface area contributed by atoms with E-state index in [1.807, 2.05) is 17.5 Å². The smallest absolute Gasteiger partial charge is 0.232 e. The van der Waals surface area contributed by atoms with Gasteiger partial charge in [0.15, 0.2) is 5.13 Å². The molecular weight excluding hydrogens is 364 g/mol. The summed E-state index contributed by atoms with van der Waals surface area (Å²) >= 11 is 1.32. The zero-order valence-electron chi connectivity index (χ0n) is 15.2. The molecule has 1 aromatic carbocycles. The number of amides is 1. The number of benzene rings is 1. The fourth-order valence-electron chi connectivity index (χ4n) is 4.00. The van der Waals surface area contributed by atoms with E-state index in [4.69, 9.17) is 4.74 Å². The zero-order chi connectivity index (χ0) is 19.1. The molecule has 2 aromatic rings. The molecule has 0 aliphatic carbocycles. The molecule has 6 nitrogen and oxygen atoms in total. The van der Waals surface area contributed by atoms with Gasteiger partial charge in [-0.25, -0.2) is 4.98 Å². The predicted molar refractivity (Wildman–Crippen MR) is 100 cm³/mol. The first-order chi connectivity index (χ1) is 12.9. The Morgan fingerprint density at radius 3 is 2.48 bits per heavy atom. The van der Waals surface area contributed by atoms with E-state index in [1.165, 1.54) is 16.9 Å². The van der Waals surface area contributed by atoms with Crippen LogP contribution in [0.1, 0.15) is 38.2 Å². The number of aromatic nitrogens is 1. The Balaban J connectivity index is 1.47. The van der Waals surface area contributed by atoms with Crippen LogP contribution in [0, 0.1) is 11.8 Å². The number of carboxylic acid groups (broad SMARTS) is 1. The average Bonchev–Trinajstić information content (AvgIpc) is 3.37. The van der Waals surface area contributed by atoms with Gasteiger partial charge in [0.2, 0.25) is 5.91 Å². The molecule has 2 fully saturated rings. The summed E-state index contributed by atoms with van der Waals surface area (Å²) in [5.41, 5.74) is 3.02. The Hall–Kier alpha value is -2.25. The number of carbonyl (C=O) groups is 2. The second-order valence-corrected chi connectivity index (χ2v) is 8.32. The number of nitrogens with one attached hydrogen (secondary N) is 1. The van der Waals surface area contributed by atoms with Gasteiger partial charge in [-0.05, 0) is 24.3 Å². The van der Waals surface area contributed by atoms with Gasteiger partial charge < -0.3 is 20.0 Å². The summed E-state index contributed by atoms with van der Waals surface area (Å²) in [6.07, 6.45) is 0.613. The van der Waals surface area contributed by atoms with Gasteiger partial charge in [-0.15, -0.1) is 11.3 Å². The first-order valence-electron chi connectivity index (χ1n) is 9.17. The number of aliphatic carboxylic acids is 1. The van der Waals surface area contributed by atoms with Crippen LogP contribution < -0.4 is 10.4 Å². The number of hydrogen-bond donors (Lipinski definition) is 1. The molecule has 2 aliphatic rings. The van der Waals surface area contributed by atoms with Crippen LogP contribution in [0.4, 0.5) is 5.13 Å². The van der Waals surface area contributed by atoms with Crippen molar-refractivity contribution in [3.63, 3.8) is 0 Å². The SMILES string of the molecule is CC(C)c1ccc(-c2csc(NC(=O)C3C4CCC(O4)C3C(=O)[O-])n2)cc1. The van der Waals surface area contributed by atoms with Gasteiger partial charge >= 0.3 is 0 Å². The summed E-state index contributed by atoms with van der Waals surface area (Å²) in [5.74, 6) is -2.71. The van der Waals surface area contributed by atoms with Gasteiger partial charge in [-0.2, -0.15) is 0 Å². The van der Waals surface area contributed by atoms with Crippen molar-refractivity contribution in [1.29, 1.82) is 0 Å². The lowest BCUT2D eigenvalue weighted by atomic mass is 9.79. The second kappa shape index (κ2) is 7.05. The number of anilines is 1. The van der Waals surface area contributed by atoms with E-state index in [1.54, 1.807) is 0 Å². The molecule has 0 spiro atoms. The standard InChI is InChI=1S/C20H22N2O4S/c1-10(2)11-3-5-12(6-4-11)13-9-27-20(21-13)22-18(23)16-14-7-8-15(26-14)17(16)19(24)25/h3-6,9-10,14-17H,7-8H2,1-2H3,(H,24,25)(H,21,22,23)/p-1. The highest BCUT2D eigenvalue weighted by molar-refractivity contribution is 7.14. The van der Waals surface area contributed by atoms with E-state index in [0.29, 0.717) is 23.9 Å². The molecule has 2 saturated heterocycles. The van der Waals surface area contributed by atoms with Crippen molar-refractivity contribution >= 4 is 28.3 Å². The fraction of sp³-hybridized carbons (Fsp3) is 0.450. The molecule has 3 heterocycles. The summed E-state index contributed by atoms with van der Waals surface area (Å²) in [7, 11) is 0. The van der Waals surface area contributed by atoms with Crippen LogP contribution >= 0.6 is 11.3 Å². The van der Waals surface area contributed by atoms with Crippen LogP contribution in [-0.4, -0.2) is 29.1 Å². The zero-order valence-corrected chi connectivity index (χ0v) is 16.0. The molecule has 2 bridgehead atoms. The van der Waals surface area contributed by atoms with Gasteiger partial charge in [0.1, 0.15) is 0 Å². The van der Waals surface area contributed by atoms with E-state index < -0.39 is 23.9 Å². The molecule has 27 heavy (non-hydrogen) atoms. The van der Waals surface area contributed by atoms with Crippen LogP contribution in [0.25, 0.3) is 11.3 Å². The molecule has 2 aliphatic heterocycles. The van der Waals surface area contributed by atoms with Crippen molar-refractivity contribution in [2.24, 2.45) is 11.8 Å². The van der Waals surface area contributed by atoms with Gasteiger partial charge in [0.05, 0.1) is 23.8 Å². The molecule has 4 rings (SSSR count). The third kappa shape index (κ3) is 3.37. The van der Waals surface area contributed by atoms with Crippen LogP contribution in [0.3, 0.4) is 0 Å². The lowest BCUT2D eigenvalue weighted by Gasteiger charge is -2.27. The molecule has 4 unspecified atom stereocenters. The quantitative estimate of drug-likeness (QED) is 0.853.